The van der Waals surface area contributed by atoms with Gasteiger partial charge >= 0.3 is 0 Å². The van der Waals surface area contributed by atoms with E-state index in [1.165, 1.54) is 0 Å². The monoisotopic (exact) mass is 372 g/mol. The molecule has 4 rings (SSSR count). The Balaban J connectivity index is 1.31. The van der Waals surface area contributed by atoms with E-state index in [4.69, 9.17) is 4.74 Å². The molecular weight excluding hydrogens is 344 g/mol. The maximum absolute atomic E-state index is 12.5. The predicted molar refractivity (Wildman–Crippen MR) is 102 cm³/mol. The van der Waals surface area contributed by atoms with Gasteiger partial charge in [-0.2, -0.15) is 0 Å². The summed E-state index contributed by atoms with van der Waals surface area (Å²) in [6.07, 6.45) is 4.45. The van der Waals surface area contributed by atoms with E-state index in [0.717, 1.165) is 43.6 Å². The summed E-state index contributed by atoms with van der Waals surface area (Å²) in [5.41, 5.74) is 1.97. The predicted octanol–water partition coefficient (Wildman–Crippen LogP) is 1.16. The first-order chi connectivity index (χ1) is 13.2. The minimum atomic E-state index is -0.473. The Morgan fingerprint density at radius 1 is 1.26 bits per heavy atom. The van der Waals surface area contributed by atoms with E-state index < -0.39 is 6.10 Å². The first-order valence-corrected chi connectivity index (χ1v) is 9.90. The lowest BCUT2D eigenvalue weighted by Crippen LogP contribution is -2.58. The van der Waals surface area contributed by atoms with Crippen LogP contribution >= 0.6 is 0 Å². The van der Waals surface area contributed by atoms with Gasteiger partial charge in [0.15, 0.2) is 0 Å². The van der Waals surface area contributed by atoms with Crippen LogP contribution in [-0.4, -0.2) is 70.0 Å². The fourth-order valence-electron chi connectivity index (χ4n) is 4.18. The Morgan fingerprint density at radius 3 is 2.93 bits per heavy atom. The molecule has 2 N–H and O–H groups in total. The zero-order valence-corrected chi connectivity index (χ0v) is 15.6. The number of likely N-dealkylation sites (tertiary alicyclic amines) is 1. The van der Waals surface area contributed by atoms with Crippen molar-refractivity contribution in [2.75, 3.05) is 26.3 Å². The number of aryl methyl sites for hydroxylation is 1. The van der Waals surface area contributed by atoms with Crippen LogP contribution < -0.4 is 5.32 Å². The van der Waals surface area contributed by atoms with Gasteiger partial charge in [0.2, 0.25) is 5.91 Å². The van der Waals surface area contributed by atoms with Crippen molar-refractivity contribution in [3.8, 4) is 0 Å². The van der Waals surface area contributed by atoms with Crippen molar-refractivity contribution in [3.05, 3.63) is 30.6 Å². The van der Waals surface area contributed by atoms with E-state index >= 15 is 0 Å². The fourth-order valence-corrected chi connectivity index (χ4v) is 4.18. The number of piperidine rings is 1. The van der Waals surface area contributed by atoms with Crippen molar-refractivity contribution in [1.29, 1.82) is 0 Å². The number of aromatic nitrogens is 2. The molecule has 2 saturated heterocycles. The lowest BCUT2D eigenvalue weighted by atomic mass is 9.97. The molecule has 1 aromatic carbocycles. The van der Waals surface area contributed by atoms with E-state index in [-0.39, 0.29) is 11.9 Å². The minimum Gasteiger partial charge on any atom is -0.391 e. The highest BCUT2D eigenvalue weighted by atomic mass is 16.5. The number of para-hydroxylation sites is 2. The largest absolute Gasteiger partial charge is 0.391 e. The molecule has 2 aliphatic rings. The molecule has 27 heavy (non-hydrogen) atoms. The van der Waals surface area contributed by atoms with Gasteiger partial charge in [-0.3, -0.25) is 9.69 Å². The molecule has 2 atom stereocenters. The molecule has 0 aliphatic carbocycles. The topological polar surface area (TPSA) is 79.6 Å². The molecule has 146 valence electrons. The number of fused-ring (bicyclic) bond motifs is 1. The van der Waals surface area contributed by atoms with E-state index in [9.17, 15) is 9.90 Å². The summed E-state index contributed by atoms with van der Waals surface area (Å²) in [6.45, 7) is 3.79. The maximum atomic E-state index is 12.5. The van der Waals surface area contributed by atoms with Gasteiger partial charge in [-0.05, 0) is 31.4 Å². The second-order valence-electron chi connectivity index (χ2n) is 7.55. The van der Waals surface area contributed by atoms with Crippen LogP contribution in [0, 0.1) is 0 Å². The summed E-state index contributed by atoms with van der Waals surface area (Å²) in [5, 5.41) is 13.4. The molecule has 7 nitrogen and oxygen atoms in total. The molecular formula is C20H28N4O3. The third-order valence-corrected chi connectivity index (χ3v) is 5.77. The number of amides is 1. The minimum absolute atomic E-state index is 0.0225. The number of ether oxygens (including phenoxy) is 1. The third kappa shape index (κ3) is 4.31. The van der Waals surface area contributed by atoms with Gasteiger partial charge in [0.25, 0.3) is 0 Å². The third-order valence-electron chi connectivity index (χ3n) is 5.77. The van der Waals surface area contributed by atoms with E-state index in [1.807, 2.05) is 28.8 Å². The van der Waals surface area contributed by atoms with Crippen LogP contribution in [0.25, 0.3) is 11.0 Å². The zero-order valence-electron chi connectivity index (χ0n) is 15.6. The second-order valence-corrected chi connectivity index (χ2v) is 7.55. The lowest BCUT2D eigenvalue weighted by Gasteiger charge is -2.42. The van der Waals surface area contributed by atoms with Gasteiger partial charge in [-0.25, -0.2) is 4.98 Å². The number of hydrogen-bond donors (Lipinski definition) is 2. The Morgan fingerprint density at radius 2 is 2.07 bits per heavy atom. The molecule has 0 bridgehead atoms. The van der Waals surface area contributed by atoms with Crippen LogP contribution in [0.3, 0.4) is 0 Å². The summed E-state index contributed by atoms with van der Waals surface area (Å²) >= 11 is 0. The molecule has 2 aliphatic heterocycles. The standard InChI is InChI=1S/C20H28N4O3/c25-19-5-9-23(15-7-11-27-12-8-15)13-17(19)22-20(26)6-10-24-14-21-16-3-1-2-4-18(16)24/h1-4,14-15,17,19,25H,5-13H2,(H,22,26)/t17-,19+/m1/s1. The molecule has 2 aromatic rings. The van der Waals surface area contributed by atoms with Gasteiger partial charge in [-0.15, -0.1) is 0 Å². The molecule has 0 radical (unpaired) electrons. The highest BCUT2D eigenvalue weighted by molar-refractivity contribution is 5.77. The lowest BCUT2D eigenvalue weighted by molar-refractivity contribution is -0.124. The van der Waals surface area contributed by atoms with Crippen molar-refractivity contribution in [1.82, 2.24) is 19.8 Å². The second kappa shape index (κ2) is 8.37. The number of aliphatic hydroxyl groups excluding tert-OH is 1. The molecule has 3 heterocycles. The number of carbonyl (C=O) groups is 1. The number of nitrogens with zero attached hydrogens (tertiary/aromatic N) is 3. The Bertz CT molecular complexity index is 771. The van der Waals surface area contributed by atoms with Crippen molar-refractivity contribution in [3.63, 3.8) is 0 Å². The van der Waals surface area contributed by atoms with Gasteiger partial charge in [0.1, 0.15) is 0 Å². The van der Waals surface area contributed by atoms with Crippen LogP contribution in [0.1, 0.15) is 25.7 Å². The molecule has 1 aromatic heterocycles. The number of carbonyl (C=O) groups excluding carboxylic acids is 1. The fraction of sp³-hybridized carbons (Fsp3) is 0.600. The normalized spacial score (nSPS) is 24.9. The van der Waals surface area contributed by atoms with Crippen molar-refractivity contribution in [2.45, 2.75) is 50.4 Å². The Kier molecular flexibility index (Phi) is 5.71. The first-order valence-electron chi connectivity index (χ1n) is 9.90. The number of imidazole rings is 1. The van der Waals surface area contributed by atoms with Crippen LogP contribution in [0.4, 0.5) is 0 Å². The molecule has 7 heteroatoms. The summed E-state index contributed by atoms with van der Waals surface area (Å²) in [4.78, 5) is 19.2. The summed E-state index contributed by atoms with van der Waals surface area (Å²) in [7, 11) is 0. The quantitative estimate of drug-likeness (QED) is 0.823. The average Bonchev–Trinajstić information content (AvgIpc) is 3.12. The summed E-state index contributed by atoms with van der Waals surface area (Å²) in [5.74, 6) is -0.0225. The number of hydrogen-bond acceptors (Lipinski definition) is 5. The average molecular weight is 372 g/mol. The van der Waals surface area contributed by atoms with Crippen LogP contribution in [0.15, 0.2) is 30.6 Å². The highest BCUT2D eigenvalue weighted by Crippen LogP contribution is 2.20. The summed E-state index contributed by atoms with van der Waals surface area (Å²) < 4.78 is 7.45. The summed E-state index contributed by atoms with van der Waals surface area (Å²) in [6, 6.07) is 8.22. The number of benzene rings is 1. The van der Waals surface area contributed by atoms with Crippen LogP contribution in [0.5, 0.6) is 0 Å². The SMILES string of the molecule is O=C(CCn1cnc2ccccc21)N[C@@H]1CN(C2CCOCC2)CC[C@@H]1O. The van der Waals surface area contributed by atoms with Gasteiger partial charge in [-0.1, -0.05) is 12.1 Å². The van der Waals surface area contributed by atoms with Crippen LogP contribution in [-0.2, 0) is 16.1 Å². The van der Waals surface area contributed by atoms with E-state index in [1.54, 1.807) is 6.33 Å². The van der Waals surface area contributed by atoms with Crippen LogP contribution in [0.2, 0.25) is 0 Å². The molecule has 0 spiro atoms. The number of aliphatic hydroxyl groups is 1. The van der Waals surface area contributed by atoms with E-state index in [0.29, 0.717) is 32.0 Å². The van der Waals surface area contributed by atoms with Crippen molar-refractivity contribution < 1.29 is 14.6 Å². The number of rotatable bonds is 5. The Hall–Kier alpha value is -1.96. The highest BCUT2D eigenvalue weighted by Gasteiger charge is 2.32. The zero-order chi connectivity index (χ0) is 18.6. The van der Waals surface area contributed by atoms with E-state index in [2.05, 4.69) is 15.2 Å². The molecule has 0 unspecified atom stereocenters. The molecule has 1 amide bonds. The maximum Gasteiger partial charge on any atom is 0.222 e. The van der Waals surface area contributed by atoms with Gasteiger partial charge in [0, 0.05) is 45.3 Å². The first kappa shape index (κ1) is 18.4. The number of nitrogens with one attached hydrogen (secondary N) is 1. The molecule has 0 saturated carbocycles. The Labute approximate surface area is 159 Å². The smallest absolute Gasteiger partial charge is 0.222 e. The molecule has 2 fully saturated rings. The van der Waals surface area contributed by atoms with Gasteiger partial charge in [0.05, 0.1) is 29.5 Å². The van der Waals surface area contributed by atoms with Crippen molar-refractivity contribution >= 4 is 16.9 Å². The van der Waals surface area contributed by atoms with Gasteiger partial charge < -0.3 is 19.7 Å². The van der Waals surface area contributed by atoms with Crippen molar-refractivity contribution in [2.24, 2.45) is 0 Å².